The Balaban J connectivity index is 1.50. The van der Waals surface area contributed by atoms with Gasteiger partial charge in [0.2, 0.25) is 11.8 Å². The van der Waals surface area contributed by atoms with E-state index in [0.29, 0.717) is 29.7 Å². The van der Waals surface area contributed by atoms with E-state index in [2.05, 4.69) is 20.9 Å². The van der Waals surface area contributed by atoms with Crippen LogP contribution in [-0.4, -0.2) is 48.1 Å². The number of aromatic nitrogens is 1. The molecule has 1 atom stereocenters. The molecule has 0 fully saturated rings. The number of benzene rings is 2. The Morgan fingerprint density at radius 2 is 1.82 bits per heavy atom. The molecule has 9 nitrogen and oxygen atoms in total. The average Bonchev–Trinajstić information content (AvgIpc) is 2.92. The van der Waals surface area contributed by atoms with Gasteiger partial charge in [0.1, 0.15) is 17.4 Å². The first-order valence-electron chi connectivity index (χ1n) is 12.2. The van der Waals surface area contributed by atoms with E-state index >= 15 is 0 Å². The number of carbonyl (C=O) groups excluding carboxylic acids is 3. The highest BCUT2D eigenvalue weighted by Gasteiger charge is 2.21. The van der Waals surface area contributed by atoms with Crippen LogP contribution in [0.1, 0.15) is 37.3 Å². The second-order valence-corrected chi connectivity index (χ2v) is 8.56. The van der Waals surface area contributed by atoms with E-state index in [1.165, 1.54) is 37.4 Å². The normalized spacial score (nSPS) is 11.3. The zero-order chi connectivity index (χ0) is 27.3. The van der Waals surface area contributed by atoms with Gasteiger partial charge in [0.15, 0.2) is 0 Å². The molecule has 0 spiro atoms. The molecule has 1 aromatic heterocycles. The number of methoxy groups -OCH3 is 1. The van der Waals surface area contributed by atoms with Crippen molar-refractivity contribution in [3.63, 3.8) is 0 Å². The first-order chi connectivity index (χ1) is 18.4. The van der Waals surface area contributed by atoms with Crippen LogP contribution in [0.15, 0.2) is 66.9 Å². The molecular weight excluding hydrogens is 491 g/mol. The van der Waals surface area contributed by atoms with Gasteiger partial charge in [0.25, 0.3) is 0 Å². The predicted molar refractivity (Wildman–Crippen MR) is 141 cm³/mol. The summed E-state index contributed by atoms with van der Waals surface area (Å²) >= 11 is 0. The number of carbonyl (C=O) groups is 3. The maximum atomic E-state index is 13.2. The highest BCUT2D eigenvalue weighted by molar-refractivity contribution is 5.85. The van der Waals surface area contributed by atoms with Gasteiger partial charge in [-0.3, -0.25) is 14.4 Å². The summed E-state index contributed by atoms with van der Waals surface area (Å²) in [6.45, 7) is 0.412. The highest BCUT2D eigenvalue weighted by Crippen LogP contribution is 2.32. The van der Waals surface area contributed by atoms with E-state index in [-0.39, 0.29) is 31.0 Å². The lowest BCUT2D eigenvalue weighted by atomic mass is 9.98. The second-order valence-electron chi connectivity index (χ2n) is 8.56. The summed E-state index contributed by atoms with van der Waals surface area (Å²) in [5, 5.41) is 19.0. The first kappa shape index (κ1) is 28.1. The predicted octanol–water partition coefficient (Wildman–Crippen LogP) is 3.71. The minimum absolute atomic E-state index is 0.0935. The van der Waals surface area contributed by atoms with Crippen molar-refractivity contribution in [1.29, 1.82) is 0 Å². The zero-order valence-corrected chi connectivity index (χ0v) is 21.1. The van der Waals surface area contributed by atoms with Crippen molar-refractivity contribution >= 4 is 23.6 Å². The molecular formula is C28H31FN4O5. The van der Waals surface area contributed by atoms with Crippen molar-refractivity contribution in [3.8, 4) is 16.9 Å². The van der Waals surface area contributed by atoms with Gasteiger partial charge in [-0.05, 0) is 54.3 Å². The standard InChI is InChI=1S/C28H31FN4O5/c1-38-28(37)17-23(20-10-13-22(24(34)16-20)19-8-11-21(29)12-9-19)33-27(36)18-32-26(35)7-3-5-15-31-25-6-2-4-14-30-25/h2,4,6,8-14,16,23,34H,3,5,7,15,17-18H2,1H3,(H,30,31)(H,32,35)(H,33,36). The van der Waals surface area contributed by atoms with Gasteiger partial charge < -0.3 is 25.8 Å². The molecule has 0 aliphatic heterocycles. The van der Waals surface area contributed by atoms with E-state index < -0.39 is 23.7 Å². The number of nitrogens with zero attached hydrogens (tertiary/aromatic N) is 1. The van der Waals surface area contributed by atoms with Gasteiger partial charge in [-0.25, -0.2) is 9.37 Å². The number of halogens is 1. The van der Waals surface area contributed by atoms with Crippen LogP contribution in [0.5, 0.6) is 5.75 Å². The van der Waals surface area contributed by atoms with Gasteiger partial charge in [0.05, 0.1) is 26.1 Å². The molecule has 2 amide bonds. The molecule has 0 aliphatic carbocycles. The lowest BCUT2D eigenvalue weighted by Gasteiger charge is -2.19. The van der Waals surface area contributed by atoms with Crippen LogP contribution < -0.4 is 16.0 Å². The van der Waals surface area contributed by atoms with Crippen LogP contribution in [0.25, 0.3) is 11.1 Å². The van der Waals surface area contributed by atoms with Crippen molar-refractivity contribution in [2.45, 2.75) is 31.7 Å². The number of esters is 1. The minimum Gasteiger partial charge on any atom is -0.507 e. The van der Waals surface area contributed by atoms with E-state index in [1.54, 1.807) is 18.3 Å². The molecule has 200 valence electrons. The molecule has 2 aromatic carbocycles. The van der Waals surface area contributed by atoms with Crippen LogP contribution in [0.4, 0.5) is 10.2 Å². The summed E-state index contributed by atoms with van der Waals surface area (Å²) in [7, 11) is 1.24. The van der Waals surface area contributed by atoms with Gasteiger partial charge in [-0.1, -0.05) is 30.3 Å². The van der Waals surface area contributed by atoms with Crippen molar-refractivity contribution in [2.24, 2.45) is 0 Å². The number of unbranched alkanes of at least 4 members (excludes halogenated alkanes) is 1. The minimum atomic E-state index is -0.794. The van der Waals surface area contributed by atoms with Gasteiger partial charge in [-0.2, -0.15) is 0 Å². The van der Waals surface area contributed by atoms with Crippen LogP contribution in [0, 0.1) is 5.82 Å². The van der Waals surface area contributed by atoms with Crippen LogP contribution in [0.3, 0.4) is 0 Å². The van der Waals surface area contributed by atoms with E-state index in [4.69, 9.17) is 4.74 Å². The smallest absolute Gasteiger partial charge is 0.307 e. The lowest BCUT2D eigenvalue weighted by molar-refractivity contribution is -0.141. The fourth-order valence-electron chi connectivity index (χ4n) is 3.75. The van der Waals surface area contributed by atoms with Crippen LogP contribution >= 0.6 is 0 Å². The fraction of sp³-hybridized carbons (Fsp3) is 0.286. The zero-order valence-electron chi connectivity index (χ0n) is 21.1. The SMILES string of the molecule is COC(=O)CC(NC(=O)CNC(=O)CCCCNc1ccccn1)c1ccc(-c2ccc(F)cc2)c(O)c1. The average molecular weight is 523 g/mol. The number of anilines is 1. The number of hydrogen-bond acceptors (Lipinski definition) is 7. The van der Waals surface area contributed by atoms with Gasteiger partial charge in [0, 0.05) is 24.7 Å². The quantitative estimate of drug-likeness (QED) is 0.199. The molecule has 38 heavy (non-hydrogen) atoms. The molecule has 0 saturated carbocycles. The molecule has 0 saturated heterocycles. The molecule has 0 bridgehead atoms. The summed E-state index contributed by atoms with van der Waals surface area (Å²) in [5.74, 6) is -1.02. The Kier molecular flexibility index (Phi) is 10.6. The van der Waals surface area contributed by atoms with Crippen molar-refractivity contribution in [1.82, 2.24) is 15.6 Å². The summed E-state index contributed by atoms with van der Waals surface area (Å²) in [4.78, 5) is 40.8. The lowest BCUT2D eigenvalue weighted by Crippen LogP contribution is -2.39. The van der Waals surface area contributed by atoms with Crippen LogP contribution in [0.2, 0.25) is 0 Å². The van der Waals surface area contributed by atoms with Gasteiger partial charge >= 0.3 is 5.97 Å². The van der Waals surface area contributed by atoms with E-state index in [0.717, 1.165) is 12.2 Å². The van der Waals surface area contributed by atoms with Gasteiger partial charge in [-0.15, -0.1) is 0 Å². The third-order valence-corrected chi connectivity index (χ3v) is 5.76. The molecule has 0 radical (unpaired) electrons. The number of phenols is 1. The largest absolute Gasteiger partial charge is 0.507 e. The van der Waals surface area contributed by atoms with Crippen LogP contribution in [-0.2, 0) is 19.1 Å². The Morgan fingerprint density at radius 1 is 1.03 bits per heavy atom. The number of phenolic OH excluding ortho intramolecular Hbond substituents is 1. The topological polar surface area (TPSA) is 130 Å². The number of pyridine rings is 1. The molecule has 1 heterocycles. The number of aromatic hydroxyl groups is 1. The molecule has 10 heteroatoms. The highest BCUT2D eigenvalue weighted by atomic mass is 19.1. The maximum absolute atomic E-state index is 13.2. The Bertz CT molecular complexity index is 1220. The van der Waals surface area contributed by atoms with Crippen molar-refractivity contribution < 1.29 is 28.6 Å². The third-order valence-electron chi connectivity index (χ3n) is 5.76. The molecule has 0 aliphatic rings. The first-order valence-corrected chi connectivity index (χ1v) is 12.2. The Hall–Kier alpha value is -4.47. The molecule has 4 N–H and O–H groups in total. The molecule has 1 unspecified atom stereocenters. The summed E-state index contributed by atoms with van der Waals surface area (Å²) < 4.78 is 18.0. The molecule has 3 aromatic rings. The number of hydrogen-bond donors (Lipinski definition) is 4. The van der Waals surface area contributed by atoms with E-state index in [1.807, 2.05) is 18.2 Å². The van der Waals surface area contributed by atoms with Crippen molar-refractivity contribution in [2.75, 3.05) is 25.5 Å². The number of nitrogens with one attached hydrogen (secondary N) is 3. The monoisotopic (exact) mass is 522 g/mol. The Morgan fingerprint density at radius 3 is 2.50 bits per heavy atom. The van der Waals surface area contributed by atoms with Crippen molar-refractivity contribution in [3.05, 3.63) is 78.2 Å². The summed E-state index contributed by atoms with van der Waals surface area (Å²) in [5.41, 5.74) is 1.55. The van der Waals surface area contributed by atoms with E-state index in [9.17, 15) is 23.9 Å². The fourth-order valence-corrected chi connectivity index (χ4v) is 3.75. The molecule has 3 rings (SSSR count). The number of amides is 2. The summed E-state index contributed by atoms with van der Waals surface area (Å²) in [6.07, 6.45) is 3.19. The second kappa shape index (κ2) is 14.3. The Labute approximate surface area is 220 Å². The maximum Gasteiger partial charge on any atom is 0.307 e. The number of ether oxygens (including phenoxy) is 1. The third kappa shape index (κ3) is 8.88. The number of rotatable bonds is 13. The summed E-state index contributed by atoms with van der Waals surface area (Å²) in [6, 6.07) is 15.2.